The third-order valence-corrected chi connectivity index (χ3v) is 3.02. The minimum atomic E-state index is 0.00205. The van der Waals surface area contributed by atoms with E-state index >= 15 is 0 Å². The van der Waals surface area contributed by atoms with E-state index in [4.69, 9.17) is 0 Å². The van der Waals surface area contributed by atoms with Crippen LogP contribution in [0, 0.1) is 0 Å². The molecule has 0 aromatic heterocycles. The lowest BCUT2D eigenvalue weighted by atomic mass is 9.97. The van der Waals surface area contributed by atoms with Gasteiger partial charge in [-0.3, -0.25) is 9.79 Å². The zero-order chi connectivity index (χ0) is 12.8. The third kappa shape index (κ3) is 3.29. The van der Waals surface area contributed by atoms with Gasteiger partial charge in [0.2, 0.25) is 0 Å². The average molecular weight is 243 g/mol. The highest BCUT2D eigenvalue weighted by Crippen LogP contribution is 2.18. The van der Waals surface area contributed by atoms with Gasteiger partial charge < -0.3 is 5.11 Å². The van der Waals surface area contributed by atoms with Gasteiger partial charge in [-0.25, -0.2) is 0 Å². The van der Waals surface area contributed by atoms with E-state index in [-0.39, 0.29) is 11.5 Å². The molecule has 1 N–H and O–H groups in total. The number of carbonyl (C=O) groups excluding carboxylic acids is 1. The molecule has 0 radical (unpaired) electrons. The number of nitrogens with zero attached hydrogens (tertiary/aromatic N) is 1. The number of Topliss-reactive ketones (excluding diaryl/α,β-unsaturated/α-hetero) is 1. The number of benzene rings is 1. The largest absolute Gasteiger partial charge is 0.512 e. The molecule has 1 aliphatic carbocycles. The lowest BCUT2D eigenvalue weighted by molar-refractivity contribution is -0.115. The van der Waals surface area contributed by atoms with E-state index in [1.54, 1.807) is 0 Å². The molecule has 94 valence electrons. The second-order valence-corrected chi connectivity index (χ2v) is 4.41. The van der Waals surface area contributed by atoms with Crippen LogP contribution in [0.25, 0.3) is 0 Å². The topological polar surface area (TPSA) is 49.7 Å². The van der Waals surface area contributed by atoms with Crippen molar-refractivity contribution in [3.63, 3.8) is 0 Å². The Balaban J connectivity index is 1.90. The van der Waals surface area contributed by atoms with Crippen LogP contribution in [-0.4, -0.2) is 23.6 Å². The van der Waals surface area contributed by atoms with Crippen LogP contribution in [0.2, 0.25) is 0 Å². The summed E-state index contributed by atoms with van der Waals surface area (Å²) in [5.74, 6) is 0.192. The first-order valence-electron chi connectivity index (χ1n) is 6.26. The van der Waals surface area contributed by atoms with E-state index in [2.05, 4.69) is 17.1 Å². The van der Waals surface area contributed by atoms with Crippen LogP contribution in [0.5, 0.6) is 0 Å². The zero-order valence-corrected chi connectivity index (χ0v) is 10.3. The number of hydrogen-bond donors (Lipinski definition) is 1. The molecule has 0 amide bonds. The first-order chi connectivity index (χ1) is 8.77. The fourth-order valence-corrected chi connectivity index (χ4v) is 1.99. The van der Waals surface area contributed by atoms with Crippen molar-refractivity contribution < 1.29 is 9.90 Å². The number of allylic oxidation sites excluding steroid dienone is 2. The smallest absolute Gasteiger partial charge is 0.167 e. The summed E-state index contributed by atoms with van der Waals surface area (Å²) >= 11 is 0. The molecule has 18 heavy (non-hydrogen) atoms. The summed E-state index contributed by atoms with van der Waals surface area (Å²) in [6, 6.07) is 10.1. The van der Waals surface area contributed by atoms with Gasteiger partial charge in [-0.15, -0.1) is 0 Å². The first kappa shape index (κ1) is 12.6. The van der Waals surface area contributed by atoms with Gasteiger partial charge in [-0.2, -0.15) is 0 Å². The molecule has 0 spiro atoms. The van der Waals surface area contributed by atoms with Crippen molar-refractivity contribution in [3.8, 4) is 0 Å². The molecule has 3 nitrogen and oxygen atoms in total. The molecule has 1 aliphatic rings. The molecule has 0 bridgehead atoms. The van der Waals surface area contributed by atoms with E-state index in [9.17, 15) is 9.90 Å². The lowest BCUT2D eigenvalue weighted by Crippen LogP contribution is -2.12. The van der Waals surface area contributed by atoms with Crippen LogP contribution in [0.15, 0.2) is 46.7 Å². The van der Waals surface area contributed by atoms with Crippen molar-refractivity contribution in [3.05, 3.63) is 47.2 Å². The lowest BCUT2D eigenvalue weighted by Gasteiger charge is -2.11. The Hall–Kier alpha value is -1.90. The number of aliphatic imine (C=N–C) groups is 1. The van der Waals surface area contributed by atoms with Crippen LogP contribution in [0.3, 0.4) is 0 Å². The van der Waals surface area contributed by atoms with Crippen molar-refractivity contribution in [2.24, 2.45) is 4.99 Å². The Kier molecular flexibility index (Phi) is 4.29. The summed E-state index contributed by atoms with van der Waals surface area (Å²) in [5.41, 5.74) is 1.62. The van der Waals surface area contributed by atoms with E-state index in [1.807, 2.05) is 18.2 Å². The van der Waals surface area contributed by atoms with Gasteiger partial charge in [0, 0.05) is 25.6 Å². The van der Waals surface area contributed by atoms with Crippen molar-refractivity contribution in [1.29, 1.82) is 0 Å². The Morgan fingerprint density at radius 3 is 2.72 bits per heavy atom. The summed E-state index contributed by atoms with van der Waals surface area (Å²) in [7, 11) is 0. The van der Waals surface area contributed by atoms with Crippen LogP contribution < -0.4 is 0 Å². The number of aliphatic hydroxyl groups is 1. The van der Waals surface area contributed by atoms with Gasteiger partial charge in [-0.1, -0.05) is 30.3 Å². The van der Waals surface area contributed by atoms with Crippen molar-refractivity contribution in [2.45, 2.75) is 25.7 Å². The molecule has 0 fully saturated rings. The quantitative estimate of drug-likeness (QED) is 0.827. The second kappa shape index (κ2) is 6.15. The molecule has 1 aromatic carbocycles. The number of rotatable bonds is 4. The second-order valence-electron chi connectivity index (χ2n) is 4.41. The summed E-state index contributed by atoms with van der Waals surface area (Å²) < 4.78 is 0. The molecule has 3 heteroatoms. The Bertz CT molecular complexity index is 475. The molecule has 0 aliphatic heterocycles. The SMILES string of the molecule is O=C1CCCC(O)=C1C=NCCc1ccccc1. The van der Waals surface area contributed by atoms with E-state index in [1.165, 1.54) is 11.8 Å². The maximum absolute atomic E-state index is 11.6. The molecule has 0 saturated heterocycles. The summed E-state index contributed by atoms with van der Waals surface area (Å²) in [4.78, 5) is 15.8. The van der Waals surface area contributed by atoms with Gasteiger partial charge in [0.05, 0.1) is 5.57 Å². The predicted molar refractivity (Wildman–Crippen MR) is 72.0 cm³/mol. The van der Waals surface area contributed by atoms with Crippen LogP contribution >= 0.6 is 0 Å². The Labute approximate surface area is 107 Å². The highest BCUT2D eigenvalue weighted by molar-refractivity contribution is 6.14. The molecule has 0 saturated carbocycles. The molecule has 0 atom stereocenters. The Morgan fingerprint density at radius 1 is 1.22 bits per heavy atom. The summed E-state index contributed by atoms with van der Waals surface area (Å²) in [5, 5.41) is 9.62. The maximum Gasteiger partial charge on any atom is 0.167 e. The fraction of sp³-hybridized carbons (Fsp3) is 0.333. The minimum absolute atomic E-state index is 0.00205. The monoisotopic (exact) mass is 243 g/mol. The zero-order valence-electron chi connectivity index (χ0n) is 10.3. The third-order valence-electron chi connectivity index (χ3n) is 3.02. The van der Waals surface area contributed by atoms with E-state index in [0.29, 0.717) is 25.0 Å². The highest BCUT2D eigenvalue weighted by Gasteiger charge is 2.17. The van der Waals surface area contributed by atoms with Crippen LogP contribution in [0.1, 0.15) is 24.8 Å². The molecular formula is C15H17NO2. The van der Waals surface area contributed by atoms with E-state index < -0.39 is 0 Å². The Morgan fingerprint density at radius 2 is 2.00 bits per heavy atom. The van der Waals surface area contributed by atoms with Crippen molar-refractivity contribution in [1.82, 2.24) is 0 Å². The van der Waals surface area contributed by atoms with Gasteiger partial charge >= 0.3 is 0 Å². The van der Waals surface area contributed by atoms with Crippen LogP contribution in [-0.2, 0) is 11.2 Å². The number of ketones is 1. The molecule has 0 heterocycles. The van der Waals surface area contributed by atoms with E-state index in [0.717, 1.165) is 12.8 Å². The van der Waals surface area contributed by atoms with Gasteiger partial charge in [0.25, 0.3) is 0 Å². The molecule has 1 aromatic rings. The van der Waals surface area contributed by atoms with Gasteiger partial charge in [0.15, 0.2) is 5.78 Å². The van der Waals surface area contributed by atoms with Crippen LogP contribution in [0.4, 0.5) is 0 Å². The highest BCUT2D eigenvalue weighted by atomic mass is 16.3. The fourth-order valence-electron chi connectivity index (χ4n) is 1.99. The maximum atomic E-state index is 11.6. The first-order valence-corrected chi connectivity index (χ1v) is 6.26. The molecular weight excluding hydrogens is 226 g/mol. The number of carbonyl (C=O) groups is 1. The van der Waals surface area contributed by atoms with Crippen molar-refractivity contribution >= 4 is 12.0 Å². The molecule has 2 rings (SSSR count). The summed E-state index contributed by atoms with van der Waals surface area (Å²) in [6.45, 7) is 0.633. The summed E-state index contributed by atoms with van der Waals surface area (Å²) in [6.07, 6.45) is 4.22. The predicted octanol–water partition coefficient (Wildman–Crippen LogP) is 2.87. The van der Waals surface area contributed by atoms with Crippen molar-refractivity contribution in [2.75, 3.05) is 6.54 Å². The number of aliphatic hydroxyl groups excluding tert-OH is 1. The normalized spacial score (nSPS) is 16.6. The van der Waals surface area contributed by atoms with Gasteiger partial charge in [-0.05, 0) is 18.4 Å². The molecule has 0 unspecified atom stereocenters. The standard InChI is InChI=1S/C15H17NO2/c17-14-7-4-8-15(18)13(14)11-16-10-9-12-5-2-1-3-6-12/h1-3,5-6,11,17H,4,7-10H2. The average Bonchev–Trinajstić information content (AvgIpc) is 2.38. The van der Waals surface area contributed by atoms with Gasteiger partial charge in [0.1, 0.15) is 5.76 Å². The number of hydrogen-bond acceptors (Lipinski definition) is 3. The minimum Gasteiger partial charge on any atom is -0.512 e.